The smallest absolute Gasteiger partial charge is 0.140 e. The Balaban J connectivity index is 1.19. The number of benzene rings is 8. The van der Waals surface area contributed by atoms with Gasteiger partial charge in [0.05, 0.1) is 16.4 Å². The zero-order chi connectivity index (χ0) is 34.2. The van der Waals surface area contributed by atoms with Crippen LogP contribution in [0.5, 0.6) is 23.0 Å². The minimum absolute atomic E-state index is 0.692. The average Bonchev–Trinajstić information content (AvgIpc) is 3.55. The van der Waals surface area contributed by atoms with Crippen LogP contribution in [0.3, 0.4) is 0 Å². The third-order valence-electron chi connectivity index (χ3n) is 10.9. The second-order valence-electron chi connectivity index (χ2n) is 13.6. The van der Waals surface area contributed by atoms with Crippen molar-refractivity contribution in [1.82, 2.24) is 4.57 Å². The molecule has 0 aliphatic carbocycles. The van der Waals surface area contributed by atoms with Gasteiger partial charge in [-0.1, -0.05) is 133 Å². The first-order valence-electron chi connectivity index (χ1n) is 17.8. The predicted octanol–water partition coefficient (Wildman–Crippen LogP) is 12.7. The maximum absolute atomic E-state index is 6.92. The fourth-order valence-corrected chi connectivity index (χ4v) is 8.72. The Morgan fingerprint density at radius 3 is 1.77 bits per heavy atom. The van der Waals surface area contributed by atoms with E-state index in [1.54, 1.807) is 0 Å². The van der Waals surface area contributed by atoms with Gasteiger partial charge in [-0.25, -0.2) is 0 Å². The van der Waals surface area contributed by atoms with E-state index in [-0.39, 0.29) is 0 Å². The van der Waals surface area contributed by atoms with Gasteiger partial charge in [-0.05, 0) is 71.3 Å². The predicted molar refractivity (Wildman–Crippen MR) is 210 cm³/mol. The third kappa shape index (κ3) is 4.02. The monoisotopic (exact) mass is 665 g/mol. The van der Waals surface area contributed by atoms with Gasteiger partial charge in [0.25, 0.3) is 0 Å². The van der Waals surface area contributed by atoms with E-state index in [0.29, 0.717) is 0 Å². The number of aromatic nitrogens is 1. The summed E-state index contributed by atoms with van der Waals surface area (Å²) in [6.45, 7) is 0. The van der Waals surface area contributed by atoms with Crippen molar-refractivity contribution < 1.29 is 9.47 Å². The molecule has 2 aliphatic heterocycles. The van der Waals surface area contributed by atoms with Gasteiger partial charge in [0.15, 0.2) is 0 Å². The highest BCUT2D eigenvalue weighted by atomic mass is 16.5. The molecule has 0 bridgehead atoms. The molecular weight excluding hydrogens is 635 g/mol. The lowest BCUT2D eigenvalue weighted by atomic mass is 9.61. The molecule has 0 fully saturated rings. The summed E-state index contributed by atoms with van der Waals surface area (Å²) >= 11 is 0. The summed E-state index contributed by atoms with van der Waals surface area (Å²) < 4.78 is 16.1. The second-order valence-corrected chi connectivity index (χ2v) is 13.6. The van der Waals surface area contributed by atoms with Crippen molar-refractivity contribution in [3.8, 4) is 50.9 Å². The first-order valence-corrected chi connectivity index (χ1v) is 17.8. The van der Waals surface area contributed by atoms with Gasteiger partial charge in [0.1, 0.15) is 23.0 Å². The molecular formula is C49H31NO2. The third-order valence-corrected chi connectivity index (χ3v) is 10.9. The van der Waals surface area contributed by atoms with Crippen LogP contribution < -0.4 is 9.47 Å². The van der Waals surface area contributed by atoms with Crippen LogP contribution in [0.4, 0.5) is 0 Å². The Bertz CT molecular complexity index is 2840. The minimum atomic E-state index is -0.692. The quantitative estimate of drug-likeness (QED) is 0.187. The van der Waals surface area contributed by atoms with E-state index in [1.165, 1.54) is 21.8 Å². The van der Waals surface area contributed by atoms with Crippen molar-refractivity contribution in [1.29, 1.82) is 0 Å². The number of fused-ring (bicyclic) bond motifs is 11. The lowest BCUT2D eigenvalue weighted by Crippen LogP contribution is -2.37. The molecule has 2 aliphatic rings. The average molecular weight is 666 g/mol. The lowest BCUT2D eigenvalue weighted by molar-refractivity contribution is 0.400. The van der Waals surface area contributed by atoms with E-state index in [2.05, 4.69) is 193 Å². The summed E-state index contributed by atoms with van der Waals surface area (Å²) in [7, 11) is 0. The number of ether oxygens (including phenoxy) is 2. The van der Waals surface area contributed by atoms with Gasteiger partial charge in [0, 0.05) is 44.3 Å². The summed E-state index contributed by atoms with van der Waals surface area (Å²) in [5.41, 5.74) is 11.7. The highest BCUT2D eigenvalue weighted by Crippen LogP contribution is 2.62. The summed E-state index contributed by atoms with van der Waals surface area (Å²) in [5, 5.41) is 2.45. The van der Waals surface area contributed by atoms with Crippen LogP contribution in [0.15, 0.2) is 188 Å². The molecule has 1 spiro atoms. The SMILES string of the molecule is c1ccc(-c2cccc3c2Oc2ccccc2C32c3ccccc3Oc3ccc(-c4ccc5c(c4)c4ccccc4n5-c4ccccc4)cc32)cc1. The van der Waals surface area contributed by atoms with Gasteiger partial charge in [-0.15, -0.1) is 0 Å². The van der Waals surface area contributed by atoms with Crippen LogP contribution in [-0.4, -0.2) is 4.57 Å². The zero-order valence-corrected chi connectivity index (χ0v) is 28.2. The summed E-state index contributed by atoms with van der Waals surface area (Å²) in [4.78, 5) is 0. The first-order chi connectivity index (χ1) is 25.8. The Morgan fingerprint density at radius 2 is 0.962 bits per heavy atom. The maximum atomic E-state index is 6.92. The molecule has 0 amide bonds. The molecule has 3 heteroatoms. The molecule has 11 rings (SSSR count). The Morgan fingerprint density at radius 1 is 0.365 bits per heavy atom. The molecule has 1 aromatic heterocycles. The lowest BCUT2D eigenvalue weighted by Gasteiger charge is -2.45. The molecule has 9 aromatic rings. The molecule has 52 heavy (non-hydrogen) atoms. The van der Waals surface area contributed by atoms with Crippen molar-refractivity contribution >= 4 is 21.8 Å². The molecule has 0 radical (unpaired) electrons. The van der Waals surface area contributed by atoms with Crippen molar-refractivity contribution in [3.63, 3.8) is 0 Å². The largest absolute Gasteiger partial charge is 0.457 e. The zero-order valence-electron chi connectivity index (χ0n) is 28.2. The fraction of sp³-hybridized carbons (Fsp3) is 0.0204. The number of hydrogen-bond acceptors (Lipinski definition) is 2. The fourth-order valence-electron chi connectivity index (χ4n) is 8.72. The van der Waals surface area contributed by atoms with E-state index in [1.807, 2.05) is 0 Å². The van der Waals surface area contributed by atoms with Crippen molar-refractivity contribution in [3.05, 3.63) is 210 Å². The van der Waals surface area contributed by atoms with Gasteiger partial charge >= 0.3 is 0 Å². The van der Waals surface area contributed by atoms with E-state index in [9.17, 15) is 0 Å². The molecule has 244 valence electrons. The van der Waals surface area contributed by atoms with Crippen LogP contribution in [0.25, 0.3) is 49.7 Å². The molecule has 1 unspecified atom stereocenters. The van der Waals surface area contributed by atoms with Gasteiger partial charge in [-0.3, -0.25) is 0 Å². The van der Waals surface area contributed by atoms with E-state index in [4.69, 9.17) is 9.47 Å². The normalized spacial score (nSPS) is 15.3. The first kappa shape index (κ1) is 28.9. The van der Waals surface area contributed by atoms with Crippen LogP contribution in [0.2, 0.25) is 0 Å². The molecule has 3 heterocycles. The molecule has 8 aromatic carbocycles. The van der Waals surface area contributed by atoms with Crippen molar-refractivity contribution in [2.45, 2.75) is 5.41 Å². The number of rotatable bonds is 3. The Kier molecular flexibility index (Phi) is 6.17. The molecule has 0 saturated carbocycles. The van der Waals surface area contributed by atoms with Gasteiger partial charge < -0.3 is 14.0 Å². The second kappa shape index (κ2) is 11.1. The van der Waals surface area contributed by atoms with Crippen LogP contribution in [0.1, 0.15) is 22.3 Å². The van der Waals surface area contributed by atoms with Gasteiger partial charge in [0.2, 0.25) is 0 Å². The Labute approximate surface area is 301 Å². The van der Waals surface area contributed by atoms with E-state index >= 15 is 0 Å². The minimum Gasteiger partial charge on any atom is -0.457 e. The summed E-state index contributed by atoms with van der Waals surface area (Å²) in [5.74, 6) is 3.42. The molecule has 3 nitrogen and oxygen atoms in total. The van der Waals surface area contributed by atoms with Gasteiger partial charge in [-0.2, -0.15) is 0 Å². The summed E-state index contributed by atoms with van der Waals surface area (Å²) in [6, 6.07) is 67.0. The molecule has 1 atom stereocenters. The van der Waals surface area contributed by atoms with Crippen LogP contribution in [0, 0.1) is 0 Å². The van der Waals surface area contributed by atoms with E-state index < -0.39 is 5.41 Å². The summed E-state index contributed by atoms with van der Waals surface area (Å²) in [6.07, 6.45) is 0. The van der Waals surface area contributed by atoms with E-state index in [0.717, 1.165) is 73.2 Å². The number of hydrogen-bond donors (Lipinski definition) is 0. The Hall–Kier alpha value is -6.84. The maximum Gasteiger partial charge on any atom is 0.140 e. The topological polar surface area (TPSA) is 23.4 Å². The number of para-hydroxylation sites is 5. The van der Waals surface area contributed by atoms with Crippen LogP contribution in [-0.2, 0) is 5.41 Å². The van der Waals surface area contributed by atoms with Crippen LogP contribution >= 0.6 is 0 Å². The number of nitrogens with zero attached hydrogens (tertiary/aromatic N) is 1. The highest BCUT2D eigenvalue weighted by Gasteiger charge is 2.51. The van der Waals surface area contributed by atoms with Crippen molar-refractivity contribution in [2.75, 3.05) is 0 Å². The van der Waals surface area contributed by atoms with Crippen molar-refractivity contribution in [2.24, 2.45) is 0 Å². The standard InChI is InChI=1S/C49H31NO2/c1-3-14-32(15-4-1)36-19-13-22-41-48(36)52-46-25-12-9-21-40(46)49(41)39-20-8-11-24-45(39)51-47-29-27-34(31-42(47)49)33-26-28-44-38(30-33)37-18-7-10-23-43(37)50(44)35-16-5-2-6-17-35/h1-31H. The molecule has 0 N–H and O–H groups in total. The molecule has 0 saturated heterocycles. The highest BCUT2D eigenvalue weighted by molar-refractivity contribution is 6.10.